The molecule has 0 bridgehead atoms. The molecule has 18 heavy (non-hydrogen) atoms. The lowest BCUT2D eigenvalue weighted by molar-refractivity contribution is -0.128. The molecule has 0 radical (unpaired) electrons. The number of amides is 2. The smallest absolute Gasteiger partial charge is 0.238 e. The summed E-state index contributed by atoms with van der Waals surface area (Å²) in [5, 5.41) is 0. The summed E-state index contributed by atoms with van der Waals surface area (Å²) in [6.07, 6.45) is 1.89. The van der Waals surface area contributed by atoms with Crippen molar-refractivity contribution in [1.29, 1.82) is 0 Å². The molecular formula is C13H17N3O2. The van der Waals surface area contributed by atoms with E-state index in [0.29, 0.717) is 13.0 Å². The topological polar surface area (TPSA) is 75.4 Å². The van der Waals surface area contributed by atoms with Crippen molar-refractivity contribution in [3.63, 3.8) is 0 Å². The Kier molecular flexibility index (Phi) is 3.94. The molecule has 1 aliphatic heterocycles. The summed E-state index contributed by atoms with van der Waals surface area (Å²) in [4.78, 5) is 24.5. The van der Waals surface area contributed by atoms with E-state index in [1.807, 2.05) is 29.2 Å². The van der Waals surface area contributed by atoms with E-state index in [9.17, 15) is 9.59 Å². The number of carbonyl (C=O) groups excluding carboxylic acids is 2. The van der Waals surface area contributed by atoms with Crippen molar-refractivity contribution < 1.29 is 9.59 Å². The van der Waals surface area contributed by atoms with Gasteiger partial charge in [0.1, 0.15) is 0 Å². The van der Waals surface area contributed by atoms with E-state index in [0.717, 1.165) is 24.1 Å². The van der Waals surface area contributed by atoms with Crippen LogP contribution in [0.2, 0.25) is 0 Å². The van der Waals surface area contributed by atoms with Gasteiger partial charge in [0.05, 0.1) is 6.42 Å². The number of nitrogens with one attached hydrogen (secondary N) is 1. The van der Waals surface area contributed by atoms with Gasteiger partial charge < -0.3 is 4.90 Å². The van der Waals surface area contributed by atoms with Crippen molar-refractivity contribution in [3.05, 3.63) is 35.4 Å². The second-order valence-corrected chi connectivity index (χ2v) is 4.48. The van der Waals surface area contributed by atoms with Crippen LogP contribution in [0.15, 0.2) is 24.3 Å². The van der Waals surface area contributed by atoms with Crippen molar-refractivity contribution in [2.24, 2.45) is 5.84 Å². The third-order valence-electron chi connectivity index (χ3n) is 3.09. The van der Waals surface area contributed by atoms with E-state index in [1.54, 1.807) is 0 Å². The Balaban J connectivity index is 1.95. The number of hydrazine groups is 1. The van der Waals surface area contributed by atoms with E-state index >= 15 is 0 Å². The van der Waals surface area contributed by atoms with Crippen LogP contribution in [0.1, 0.15) is 24.0 Å². The zero-order valence-corrected chi connectivity index (χ0v) is 10.2. The zero-order valence-electron chi connectivity index (χ0n) is 10.2. The summed E-state index contributed by atoms with van der Waals surface area (Å²) in [6, 6.07) is 7.69. The Bertz CT molecular complexity index is 442. The third-order valence-corrected chi connectivity index (χ3v) is 3.09. The fourth-order valence-corrected chi connectivity index (χ4v) is 2.09. The second kappa shape index (κ2) is 5.64. The number of nitrogens with zero attached hydrogens (tertiary/aromatic N) is 1. The largest absolute Gasteiger partial charge is 0.338 e. The standard InChI is InChI=1S/C13H17N3O2/c14-15-12(17)8-10-3-5-11(6-4-10)9-16-7-1-2-13(16)18/h3-6H,1-2,7-9,14H2,(H,15,17). The van der Waals surface area contributed by atoms with E-state index in [4.69, 9.17) is 5.84 Å². The minimum atomic E-state index is -0.211. The maximum Gasteiger partial charge on any atom is 0.238 e. The van der Waals surface area contributed by atoms with E-state index in [-0.39, 0.29) is 18.2 Å². The molecule has 0 unspecified atom stereocenters. The molecule has 1 heterocycles. The van der Waals surface area contributed by atoms with E-state index in [1.165, 1.54) is 0 Å². The van der Waals surface area contributed by atoms with Crippen molar-refractivity contribution in [2.75, 3.05) is 6.54 Å². The fourth-order valence-electron chi connectivity index (χ4n) is 2.09. The quantitative estimate of drug-likeness (QED) is 0.458. The van der Waals surface area contributed by atoms with E-state index in [2.05, 4.69) is 5.43 Å². The molecule has 5 heteroatoms. The molecule has 96 valence electrons. The number of carbonyl (C=O) groups is 2. The molecule has 0 aromatic heterocycles. The molecule has 1 saturated heterocycles. The normalized spacial score (nSPS) is 14.9. The lowest BCUT2D eigenvalue weighted by Crippen LogP contribution is -2.31. The number of hydrogen-bond donors (Lipinski definition) is 2. The SMILES string of the molecule is NNC(=O)Cc1ccc(CN2CCCC2=O)cc1. The summed E-state index contributed by atoms with van der Waals surface area (Å²) in [5.74, 6) is 5.04. The number of benzene rings is 1. The molecule has 2 rings (SSSR count). The highest BCUT2D eigenvalue weighted by atomic mass is 16.2. The molecule has 2 amide bonds. The lowest BCUT2D eigenvalue weighted by atomic mass is 10.1. The van der Waals surface area contributed by atoms with Crippen LogP contribution in [0.4, 0.5) is 0 Å². The van der Waals surface area contributed by atoms with Crippen molar-refractivity contribution in [2.45, 2.75) is 25.8 Å². The number of hydrogen-bond acceptors (Lipinski definition) is 3. The van der Waals surface area contributed by atoms with Gasteiger partial charge in [0.25, 0.3) is 0 Å². The monoisotopic (exact) mass is 247 g/mol. The maximum atomic E-state index is 11.5. The van der Waals surface area contributed by atoms with Crippen LogP contribution in [0.5, 0.6) is 0 Å². The predicted molar refractivity (Wildman–Crippen MR) is 67.1 cm³/mol. The van der Waals surface area contributed by atoms with E-state index < -0.39 is 0 Å². The zero-order chi connectivity index (χ0) is 13.0. The van der Waals surface area contributed by atoms with Crippen LogP contribution in [-0.4, -0.2) is 23.3 Å². The second-order valence-electron chi connectivity index (χ2n) is 4.48. The Hall–Kier alpha value is -1.88. The van der Waals surface area contributed by atoms with Gasteiger partial charge in [0.2, 0.25) is 11.8 Å². The first-order valence-corrected chi connectivity index (χ1v) is 6.04. The maximum absolute atomic E-state index is 11.5. The van der Waals surface area contributed by atoms with Crippen LogP contribution in [0.25, 0.3) is 0 Å². The first-order chi connectivity index (χ1) is 8.69. The molecule has 5 nitrogen and oxygen atoms in total. The summed E-state index contributed by atoms with van der Waals surface area (Å²) < 4.78 is 0. The molecule has 0 saturated carbocycles. The van der Waals surface area contributed by atoms with Gasteiger partial charge in [0, 0.05) is 19.5 Å². The molecule has 1 aromatic carbocycles. The molecule has 1 aliphatic rings. The predicted octanol–water partition coefficient (Wildman–Crippen LogP) is 0.341. The van der Waals surface area contributed by atoms with Gasteiger partial charge in [0.15, 0.2) is 0 Å². The fraction of sp³-hybridized carbons (Fsp3) is 0.385. The van der Waals surface area contributed by atoms with Crippen LogP contribution < -0.4 is 11.3 Å². The van der Waals surface area contributed by atoms with Gasteiger partial charge in [-0.15, -0.1) is 0 Å². The Morgan fingerprint density at radius 1 is 1.28 bits per heavy atom. The van der Waals surface area contributed by atoms with Crippen molar-refractivity contribution >= 4 is 11.8 Å². The highest BCUT2D eigenvalue weighted by molar-refractivity contribution is 5.78. The molecule has 1 aromatic rings. The van der Waals surface area contributed by atoms with Crippen LogP contribution in [0.3, 0.4) is 0 Å². The minimum absolute atomic E-state index is 0.211. The lowest BCUT2D eigenvalue weighted by Gasteiger charge is -2.15. The molecule has 0 atom stereocenters. The van der Waals surface area contributed by atoms with Gasteiger partial charge in [-0.05, 0) is 17.5 Å². The molecule has 3 N–H and O–H groups in total. The van der Waals surface area contributed by atoms with Crippen molar-refractivity contribution in [1.82, 2.24) is 10.3 Å². The highest BCUT2D eigenvalue weighted by Crippen LogP contribution is 2.14. The summed E-state index contributed by atoms with van der Waals surface area (Å²) in [7, 11) is 0. The van der Waals surface area contributed by atoms with Gasteiger partial charge in [-0.1, -0.05) is 24.3 Å². The summed E-state index contributed by atoms with van der Waals surface area (Å²) >= 11 is 0. The number of likely N-dealkylation sites (tertiary alicyclic amines) is 1. The highest BCUT2D eigenvalue weighted by Gasteiger charge is 2.19. The Labute approximate surface area is 106 Å². The minimum Gasteiger partial charge on any atom is -0.338 e. The van der Waals surface area contributed by atoms with Crippen LogP contribution >= 0.6 is 0 Å². The number of rotatable bonds is 4. The Morgan fingerprint density at radius 3 is 2.50 bits per heavy atom. The first kappa shape index (κ1) is 12.6. The summed E-state index contributed by atoms with van der Waals surface area (Å²) in [6.45, 7) is 1.50. The molecular weight excluding hydrogens is 230 g/mol. The number of nitrogens with two attached hydrogens (primary N) is 1. The van der Waals surface area contributed by atoms with Gasteiger partial charge in [-0.2, -0.15) is 0 Å². The Morgan fingerprint density at radius 2 is 1.94 bits per heavy atom. The average molecular weight is 247 g/mol. The summed E-state index contributed by atoms with van der Waals surface area (Å²) in [5.41, 5.74) is 4.10. The molecule has 0 spiro atoms. The third kappa shape index (κ3) is 3.07. The molecule has 0 aliphatic carbocycles. The van der Waals surface area contributed by atoms with Gasteiger partial charge in [-0.3, -0.25) is 15.0 Å². The van der Waals surface area contributed by atoms with Gasteiger partial charge >= 0.3 is 0 Å². The van der Waals surface area contributed by atoms with Crippen molar-refractivity contribution in [3.8, 4) is 0 Å². The van der Waals surface area contributed by atoms with Crippen LogP contribution in [0, 0.1) is 0 Å². The van der Waals surface area contributed by atoms with Crippen LogP contribution in [-0.2, 0) is 22.6 Å². The first-order valence-electron chi connectivity index (χ1n) is 6.04. The van der Waals surface area contributed by atoms with Gasteiger partial charge in [-0.25, -0.2) is 5.84 Å². The molecule has 1 fully saturated rings. The average Bonchev–Trinajstić information content (AvgIpc) is 2.77.